The monoisotopic (exact) mass is 278 g/mol. The molecule has 4 aliphatic carbocycles. The number of aryl methyl sites for hydroxylation is 2. The van der Waals surface area contributed by atoms with Crippen LogP contribution < -0.4 is 0 Å². The molecule has 21 heavy (non-hydrogen) atoms. The second-order valence-corrected chi connectivity index (χ2v) is 5.57. The third kappa shape index (κ3) is 3.40. The van der Waals surface area contributed by atoms with Gasteiger partial charge in [-0.05, 0) is 41.5 Å². The van der Waals surface area contributed by atoms with E-state index in [1.807, 2.05) is 18.2 Å². The van der Waals surface area contributed by atoms with Crippen molar-refractivity contribution in [3.05, 3.63) is 76.9 Å². The summed E-state index contributed by atoms with van der Waals surface area (Å²) in [5.41, 5.74) is 4.73. The first kappa shape index (κ1) is 13.6. The van der Waals surface area contributed by atoms with E-state index in [1.54, 1.807) is 6.08 Å². The normalized spacial score (nSPS) is 17.6. The Labute approximate surface area is 124 Å². The van der Waals surface area contributed by atoms with Crippen molar-refractivity contribution in [2.45, 2.75) is 19.3 Å². The fraction of sp³-hybridized carbons (Fsp3) is 0.211. The molecule has 0 radical (unpaired) electrons. The molecule has 0 heterocycles. The molecule has 1 unspecified atom stereocenters. The summed E-state index contributed by atoms with van der Waals surface area (Å²) in [4.78, 5) is 11.4. The average molecular weight is 278 g/mol. The molecule has 0 spiro atoms. The highest BCUT2D eigenvalue weighted by Gasteiger charge is 2.14. The number of carboxylic acids is 1. The smallest absolute Gasteiger partial charge is 0.310 e. The summed E-state index contributed by atoms with van der Waals surface area (Å²) < 4.78 is 0. The molecule has 0 amide bonds. The molecule has 0 saturated carbocycles. The predicted octanol–water partition coefficient (Wildman–Crippen LogP) is 3.74. The van der Waals surface area contributed by atoms with E-state index >= 15 is 0 Å². The van der Waals surface area contributed by atoms with Gasteiger partial charge in [0.1, 0.15) is 0 Å². The van der Waals surface area contributed by atoms with Gasteiger partial charge in [0.15, 0.2) is 0 Å². The zero-order valence-electron chi connectivity index (χ0n) is 11.8. The van der Waals surface area contributed by atoms with Crippen LogP contribution in [-0.2, 0) is 24.1 Å². The van der Waals surface area contributed by atoms with Crippen molar-refractivity contribution in [3.8, 4) is 0 Å². The summed E-state index contributed by atoms with van der Waals surface area (Å²) in [6.07, 6.45) is 6.27. The van der Waals surface area contributed by atoms with Gasteiger partial charge in [-0.25, -0.2) is 0 Å². The Balaban J connectivity index is 1.98. The van der Waals surface area contributed by atoms with Crippen LogP contribution in [0.4, 0.5) is 0 Å². The van der Waals surface area contributed by atoms with Crippen LogP contribution in [0.3, 0.4) is 0 Å². The number of carboxylic acid groups (broad SMARTS) is 1. The number of rotatable bonds is 1. The highest BCUT2D eigenvalue weighted by atomic mass is 16.4. The number of hydrogen-bond donors (Lipinski definition) is 1. The van der Waals surface area contributed by atoms with Gasteiger partial charge in [0, 0.05) is 0 Å². The molecule has 4 bridgehead atoms. The van der Waals surface area contributed by atoms with Crippen LogP contribution in [0, 0.1) is 5.92 Å². The fourth-order valence-electron chi connectivity index (χ4n) is 2.64. The van der Waals surface area contributed by atoms with E-state index in [0.29, 0.717) is 6.42 Å². The van der Waals surface area contributed by atoms with Gasteiger partial charge in [-0.3, -0.25) is 4.79 Å². The highest BCUT2D eigenvalue weighted by molar-refractivity contribution is 5.74. The molecule has 0 aliphatic heterocycles. The predicted molar refractivity (Wildman–Crippen MR) is 84.2 cm³/mol. The van der Waals surface area contributed by atoms with Gasteiger partial charge in [-0.15, -0.1) is 0 Å². The Kier molecular flexibility index (Phi) is 3.87. The zero-order valence-corrected chi connectivity index (χ0v) is 11.8. The molecule has 1 N–H and O–H groups in total. The van der Waals surface area contributed by atoms with Gasteiger partial charge in [0.2, 0.25) is 0 Å². The van der Waals surface area contributed by atoms with E-state index in [0.717, 1.165) is 24.0 Å². The fourth-order valence-corrected chi connectivity index (χ4v) is 2.64. The third-order valence-electron chi connectivity index (χ3n) is 4.00. The van der Waals surface area contributed by atoms with Crippen LogP contribution >= 0.6 is 0 Å². The zero-order chi connectivity index (χ0) is 14.7. The molecule has 2 aromatic rings. The molecule has 6 rings (SSSR count). The van der Waals surface area contributed by atoms with Crippen LogP contribution in [0.2, 0.25) is 0 Å². The number of hydrogen-bond acceptors (Lipinski definition) is 1. The summed E-state index contributed by atoms with van der Waals surface area (Å²) in [7, 11) is 0. The van der Waals surface area contributed by atoms with E-state index in [9.17, 15) is 9.90 Å². The molecule has 2 heteroatoms. The summed E-state index contributed by atoms with van der Waals surface area (Å²) in [5.74, 6) is -1.27. The molecule has 2 nitrogen and oxygen atoms in total. The molecule has 0 aromatic heterocycles. The molecular weight excluding hydrogens is 260 g/mol. The quantitative estimate of drug-likeness (QED) is 0.862. The van der Waals surface area contributed by atoms with Crippen molar-refractivity contribution in [1.82, 2.24) is 0 Å². The standard InChI is InChI=1S/C19H18O2/c20-19(21)18-12-11-16-5-3-14(4-6-16)1-2-15-7-9-17(13-18)10-8-15/h3-12,18H,1-2,13H2,(H,20,21). The van der Waals surface area contributed by atoms with Crippen molar-refractivity contribution >= 4 is 12.0 Å². The van der Waals surface area contributed by atoms with Gasteiger partial charge in [0.25, 0.3) is 0 Å². The maximum atomic E-state index is 11.4. The maximum absolute atomic E-state index is 11.4. The van der Waals surface area contributed by atoms with Crippen molar-refractivity contribution in [1.29, 1.82) is 0 Å². The van der Waals surface area contributed by atoms with Crippen molar-refractivity contribution in [2.75, 3.05) is 0 Å². The van der Waals surface area contributed by atoms with Crippen molar-refractivity contribution in [2.24, 2.45) is 5.92 Å². The van der Waals surface area contributed by atoms with Gasteiger partial charge in [-0.1, -0.05) is 60.7 Å². The second-order valence-electron chi connectivity index (χ2n) is 5.57. The largest absolute Gasteiger partial charge is 0.481 e. The van der Waals surface area contributed by atoms with Crippen LogP contribution in [0.1, 0.15) is 22.3 Å². The topological polar surface area (TPSA) is 37.3 Å². The van der Waals surface area contributed by atoms with E-state index in [2.05, 4.69) is 36.4 Å². The van der Waals surface area contributed by atoms with Gasteiger partial charge < -0.3 is 5.11 Å². The lowest BCUT2D eigenvalue weighted by Crippen LogP contribution is -2.14. The SMILES string of the molecule is O=C(O)C1C=Cc2ccc(cc2)CCc2ccc(cc2)C1. The first-order chi connectivity index (χ1) is 10.2. The minimum absolute atomic E-state index is 0.488. The number of benzene rings is 2. The van der Waals surface area contributed by atoms with E-state index in [4.69, 9.17) is 0 Å². The minimum atomic E-state index is -0.779. The highest BCUT2D eigenvalue weighted by Crippen LogP contribution is 2.17. The Morgan fingerprint density at radius 3 is 1.95 bits per heavy atom. The van der Waals surface area contributed by atoms with Crippen LogP contribution in [0.5, 0.6) is 0 Å². The Morgan fingerprint density at radius 1 is 0.857 bits per heavy atom. The van der Waals surface area contributed by atoms with Gasteiger partial charge in [-0.2, -0.15) is 0 Å². The Bertz CT molecular complexity index is 651. The molecule has 4 aliphatic rings. The van der Waals surface area contributed by atoms with Gasteiger partial charge >= 0.3 is 5.97 Å². The Hall–Kier alpha value is -2.35. The van der Waals surface area contributed by atoms with E-state index in [1.165, 1.54) is 11.1 Å². The summed E-state index contributed by atoms with van der Waals surface area (Å²) >= 11 is 0. The maximum Gasteiger partial charge on any atom is 0.310 e. The summed E-state index contributed by atoms with van der Waals surface area (Å²) in [5, 5.41) is 9.37. The molecule has 0 fully saturated rings. The summed E-state index contributed by atoms with van der Waals surface area (Å²) in [6, 6.07) is 16.7. The molecular formula is C19H18O2. The molecule has 1 atom stereocenters. The minimum Gasteiger partial charge on any atom is -0.481 e. The lowest BCUT2D eigenvalue weighted by molar-refractivity contribution is -0.140. The van der Waals surface area contributed by atoms with Crippen LogP contribution in [-0.4, -0.2) is 11.1 Å². The number of carbonyl (C=O) groups is 1. The third-order valence-corrected chi connectivity index (χ3v) is 4.00. The Morgan fingerprint density at radius 2 is 1.38 bits per heavy atom. The average Bonchev–Trinajstić information content (AvgIpc) is 2.51. The summed E-state index contributed by atoms with van der Waals surface area (Å²) in [6.45, 7) is 0. The van der Waals surface area contributed by atoms with Gasteiger partial charge in [0.05, 0.1) is 5.92 Å². The lowest BCUT2D eigenvalue weighted by Gasteiger charge is -2.10. The lowest BCUT2D eigenvalue weighted by atomic mass is 9.95. The molecule has 0 saturated heterocycles. The van der Waals surface area contributed by atoms with Crippen molar-refractivity contribution in [3.63, 3.8) is 0 Å². The molecule has 2 aromatic carbocycles. The van der Waals surface area contributed by atoms with Crippen LogP contribution in [0.25, 0.3) is 6.08 Å². The van der Waals surface area contributed by atoms with E-state index in [-0.39, 0.29) is 0 Å². The first-order valence-electron chi connectivity index (χ1n) is 7.28. The number of aliphatic carboxylic acids is 1. The molecule has 106 valence electrons. The van der Waals surface area contributed by atoms with E-state index < -0.39 is 11.9 Å². The van der Waals surface area contributed by atoms with Crippen LogP contribution in [0.15, 0.2) is 54.6 Å². The first-order valence-corrected chi connectivity index (χ1v) is 7.28. The second kappa shape index (κ2) is 5.96. The van der Waals surface area contributed by atoms with Crippen molar-refractivity contribution < 1.29 is 9.90 Å².